The third-order valence-electron chi connectivity index (χ3n) is 3.77. The topological polar surface area (TPSA) is 55.6 Å². The van der Waals surface area contributed by atoms with Crippen molar-refractivity contribution in [1.82, 2.24) is 19.7 Å². The van der Waals surface area contributed by atoms with Crippen LogP contribution < -0.4 is 5.32 Å². The molecule has 2 aromatic rings. The molecule has 5 heteroatoms. The third kappa shape index (κ3) is 2.53. The van der Waals surface area contributed by atoms with Gasteiger partial charge in [-0.25, -0.2) is 9.97 Å². The standard InChI is InChI=1S/C15H21N5/c1-4-7-16-14-8-13(11-5-6-11)18-15(19-14)12-9-17-20(3)10(12)2/h8-9,11H,4-7H2,1-3H3,(H,16,18,19). The van der Waals surface area contributed by atoms with E-state index in [9.17, 15) is 0 Å². The molecular formula is C15H21N5. The van der Waals surface area contributed by atoms with E-state index in [-0.39, 0.29) is 0 Å². The molecule has 106 valence electrons. The number of hydrogen-bond donors (Lipinski definition) is 1. The van der Waals surface area contributed by atoms with Gasteiger partial charge < -0.3 is 5.32 Å². The molecule has 1 N–H and O–H groups in total. The lowest BCUT2D eigenvalue weighted by atomic mass is 10.2. The molecule has 20 heavy (non-hydrogen) atoms. The molecule has 3 rings (SSSR count). The fraction of sp³-hybridized carbons (Fsp3) is 0.533. The minimum Gasteiger partial charge on any atom is -0.370 e. The van der Waals surface area contributed by atoms with Crippen LogP contribution in [-0.2, 0) is 7.05 Å². The SMILES string of the molecule is CCCNc1cc(C2CC2)nc(-c2cnn(C)c2C)n1. The molecule has 0 amide bonds. The van der Waals surface area contributed by atoms with Crippen molar-refractivity contribution < 1.29 is 0 Å². The van der Waals surface area contributed by atoms with Crippen LogP contribution in [0.1, 0.15) is 43.5 Å². The summed E-state index contributed by atoms with van der Waals surface area (Å²) in [5, 5.41) is 7.67. The molecule has 0 saturated heterocycles. The third-order valence-corrected chi connectivity index (χ3v) is 3.77. The Hall–Kier alpha value is -1.91. The van der Waals surface area contributed by atoms with Gasteiger partial charge in [0.25, 0.3) is 0 Å². The molecule has 0 radical (unpaired) electrons. The summed E-state index contributed by atoms with van der Waals surface area (Å²) in [5.41, 5.74) is 3.28. The van der Waals surface area contributed by atoms with Gasteiger partial charge in [0.1, 0.15) is 5.82 Å². The number of aromatic nitrogens is 4. The number of rotatable bonds is 5. The first kappa shape index (κ1) is 13.1. The number of aryl methyl sites for hydroxylation is 1. The predicted octanol–water partition coefficient (Wildman–Crippen LogP) is 2.88. The fourth-order valence-corrected chi connectivity index (χ4v) is 2.24. The second kappa shape index (κ2) is 5.23. The first-order valence-electron chi connectivity index (χ1n) is 7.31. The van der Waals surface area contributed by atoms with Gasteiger partial charge >= 0.3 is 0 Å². The van der Waals surface area contributed by atoms with Gasteiger partial charge in [0.05, 0.1) is 11.8 Å². The average molecular weight is 271 g/mol. The van der Waals surface area contributed by atoms with Crippen LogP contribution in [0.2, 0.25) is 0 Å². The first-order chi connectivity index (χ1) is 9.69. The van der Waals surface area contributed by atoms with Crippen molar-refractivity contribution in [3.8, 4) is 11.4 Å². The molecule has 0 atom stereocenters. The maximum atomic E-state index is 4.74. The summed E-state index contributed by atoms with van der Waals surface area (Å²) < 4.78 is 1.86. The molecule has 0 unspecified atom stereocenters. The number of nitrogens with zero attached hydrogens (tertiary/aromatic N) is 4. The van der Waals surface area contributed by atoms with Crippen LogP contribution in [0.15, 0.2) is 12.3 Å². The molecular weight excluding hydrogens is 250 g/mol. The van der Waals surface area contributed by atoms with E-state index in [1.165, 1.54) is 12.8 Å². The summed E-state index contributed by atoms with van der Waals surface area (Å²) in [4.78, 5) is 9.39. The second-order valence-electron chi connectivity index (χ2n) is 5.47. The van der Waals surface area contributed by atoms with E-state index in [1.54, 1.807) is 0 Å². The van der Waals surface area contributed by atoms with Crippen molar-refractivity contribution in [2.75, 3.05) is 11.9 Å². The zero-order valence-corrected chi connectivity index (χ0v) is 12.3. The van der Waals surface area contributed by atoms with Gasteiger partial charge in [-0.05, 0) is 26.2 Å². The van der Waals surface area contributed by atoms with Gasteiger partial charge in [-0.3, -0.25) is 4.68 Å². The van der Waals surface area contributed by atoms with Crippen LogP contribution in [0, 0.1) is 6.92 Å². The maximum absolute atomic E-state index is 4.74. The van der Waals surface area contributed by atoms with E-state index in [0.717, 1.165) is 41.6 Å². The average Bonchev–Trinajstić information content (AvgIpc) is 3.24. The van der Waals surface area contributed by atoms with E-state index in [2.05, 4.69) is 35.3 Å². The molecule has 1 fully saturated rings. The molecule has 1 saturated carbocycles. The molecule has 5 nitrogen and oxygen atoms in total. The van der Waals surface area contributed by atoms with Crippen LogP contribution in [0.5, 0.6) is 0 Å². The van der Waals surface area contributed by atoms with Crippen molar-refractivity contribution in [3.05, 3.63) is 23.7 Å². The molecule has 2 aromatic heterocycles. The predicted molar refractivity (Wildman–Crippen MR) is 79.7 cm³/mol. The first-order valence-corrected chi connectivity index (χ1v) is 7.31. The Balaban J connectivity index is 2.00. The molecule has 0 spiro atoms. The van der Waals surface area contributed by atoms with Crippen LogP contribution in [0.25, 0.3) is 11.4 Å². The molecule has 0 aliphatic heterocycles. The van der Waals surface area contributed by atoms with E-state index in [4.69, 9.17) is 4.98 Å². The van der Waals surface area contributed by atoms with Gasteiger partial charge in [0.15, 0.2) is 5.82 Å². The zero-order chi connectivity index (χ0) is 14.1. The van der Waals surface area contributed by atoms with E-state index < -0.39 is 0 Å². The highest BCUT2D eigenvalue weighted by Gasteiger charge is 2.26. The van der Waals surface area contributed by atoms with E-state index in [0.29, 0.717) is 5.92 Å². The van der Waals surface area contributed by atoms with Crippen LogP contribution >= 0.6 is 0 Å². The van der Waals surface area contributed by atoms with Gasteiger partial charge in [0.2, 0.25) is 0 Å². The lowest BCUT2D eigenvalue weighted by Gasteiger charge is -2.09. The molecule has 2 heterocycles. The van der Waals surface area contributed by atoms with Crippen molar-refractivity contribution in [2.45, 2.75) is 39.0 Å². The monoisotopic (exact) mass is 271 g/mol. The minimum absolute atomic E-state index is 0.621. The van der Waals surface area contributed by atoms with Crippen LogP contribution in [-0.4, -0.2) is 26.3 Å². The smallest absolute Gasteiger partial charge is 0.165 e. The molecule has 1 aliphatic rings. The minimum atomic E-state index is 0.621. The van der Waals surface area contributed by atoms with E-state index >= 15 is 0 Å². The Morgan fingerprint density at radius 1 is 1.35 bits per heavy atom. The highest BCUT2D eigenvalue weighted by molar-refractivity contribution is 5.59. The highest BCUT2D eigenvalue weighted by atomic mass is 15.3. The van der Waals surface area contributed by atoms with Crippen molar-refractivity contribution >= 4 is 5.82 Å². The number of anilines is 1. The van der Waals surface area contributed by atoms with Crippen LogP contribution in [0.4, 0.5) is 5.82 Å². The fourth-order valence-electron chi connectivity index (χ4n) is 2.24. The Kier molecular flexibility index (Phi) is 3.42. The van der Waals surface area contributed by atoms with Crippen molar-refractivity contribution in [1.29, 1.82) is 0 Å². The van der Waals surface area contributed by atoms with Gasteiger partial charge in [-0.15, -0.1) is 0 Å². The molecule has 0 bridgehead atoms. The summed E-state index contributed by atoms with van der Waals surface area (Å²) in [7, 11) is 1.94. The molecule has 0 aromatic carbocycles. The van der Waals surface area contributed by atoms with Gasteiger partial charge in [-0.2, -0.15) is 5.10 Å². The van der Waals surface area contributed by atoms with Gasteiger partial charge in [0, 0.05) is 37.0 Å². The summed E-state index contributed by atoms with van der Waals surface area (Å²) >= 11 is 0. The van der Waals surface area contributed by atoms with Crippen molar-refractivity contribution in [2.24, 2.45) is 7.05 Å². The lowest BCUT2D eigenvalue weighted by molar-refractivity contribution is 0.740. The normalized spacial score (nSPS) is 14.6. The Morgan fingerprint density at radius 3 is 2.75 bits per heavy atom. The van der Waals surface area contributed by atoms with Crippen molar-refractivity contribution in [3.63, 3.8) is 0 Å². The quantitative estimate of drug-likeness (QED) is 0.908. The summed E-state index contributed by atoms with van der Waals surface area (Å²) in [6.45, 7) is 5.14. The zero-order valence-electron chi connectivity index (χ0n) is 12.3. The maximum Gasteiger partial charge on any atom is 0.165 e. The van der Waals surface area contributed by atoms with Gasteiger partial charge in [-0.1, -0.05) is 6.92 Å². The Labute approximate surface area is 119 Å². The van der Waals surface area contributed by atoms with Crippen LogP contribution in [0.3, 0.4) is 0 Å². The largest absolute Gasteiger partial charge is 0.370 e. The Bertz CT molecular complexity index is 613. The second-order valence-corrected chi connectivity index (χ2v) is 5.47. The number of hydrogen-bond acceptors (Lipinski definition) is 4. The highest BCUT2D eigenvalue weighted by Crippen LogP contribution is 2.40. The van der Waals surface area contributed by atoms with E-state index in [1.807, 2.05) is 17.9 Å². The summed E-state index contributed by atoms with van der Waals surface area (Å²) in [5.74, 6) is 2.34. The summed E-state index contributed by atoms with van der Waals surface area (Å²) in [6, 6.07) is 2.10. The summed E-state index contributed by atoms with van der Waals surface area (Å²) in [6.07, 6.45) is 5.43. The molecule has 1 aliphatic carbocycles. The number of nitrogens with one attached hydrogen (secondary N) is 1. The Morgan fingerprint density at radius 2 is 2.15 bits per heavy atom. The lowest BCUT2D eigenvalue weighted by Crippen LogP contribution is -2.05.